The molecule has 0 unspecified atom stereocenters. The summed E-state index contributed by atoms with van der Waals surface area (Å²) in [4.78, 5) is 15.7. The fourth-order valence-electron chi connectivity index (χ4n) is 1.30. The lowest BCUT2D eigenvalue weighted by molar-refractivity contribution is 0.0922. The maximum Gasteiger partial charge on any atom is 0.289 e. The first kappa shape index (κ1) is 11.8. The van der Waals surface area contributed by atoms with Crippen LogP contribution in [0.15, 0.2) is 4.42 Å². The summed E-state index contributed by atoms with van der Waals surface area (Å²) >= 11 is 0. The quantitative estimate of drug-likeness (QED) is 0.827. The monoisotopic (exact) mass is 210 g/mol. The maximum atomic E-state index is 11.6. The Balaban J connectivity index is 2.50. The van der Waals surface area contributed by atoms with Gasteiger partial charge in [0, 0.05) is 13.5 Å². The zero-order chi connectivity index (χ0) is 11.4. The van der Waals surface area contributed by atoms with E-state index in [-0.39, 0.29) is 5.91 Å². The van der Waals surface area contributed by atoms with E-state index in [1.54, 1.807) is 13.8 Å². The molecule has 0 aliphatic carbocycles. The van der Waals surface area contributed by atoms with E-state index in [1.807, 2.05) is 0 Å². The van der Waals surface area contributed by atoms with Crippen LogP contribution >= 0.6 is 0 Å². The first-order valence-corrected chi connectivity index (χ1v) is 5.23. The summed E-state index contributed by atoms with van der Waals surface area (Å²) < 4.78 is 5.21. The second kappa shape index (κ2) is 4.96. The molecule has 0 aliphatic heterocycles. The van der Waals surface area contributed by atoms with E-state index in [0.717, 1.165) is 6.42 Å². The minimum Gasteiger partial charge on any atom is -0.436 e. The SMILES string of the molecule is Cc1nc(C)c(C(=O)NCCC(C)C)o1. The minimum atomic E-state index is -0.172. The van der Waals surface area contributed by atoms with Crippen LogP contribution in [-0.2, 0) is 0 Å². The van der Waals surface area contributed by atoms with Crippen molar-refractivity contribution in [2.75, 3.05) is 6.54 Å². The van der Waals surface area contributed by atoms with Crippen LogP contribution in [0.3, 0.4) is 0 Å². The predicted octanol–water partition coefficient (Wildman–Crippen LogP) is 2.07. The fourth-order valence-corrected chi connectivity index (χ4v) is 1.30. The van der Waals surface area contributed by atoms with Gasteiger partial charge in [-0.1, -0.05) is 13.8 Å². The Morgan fingerprint density at radius 3 is 2.60 bits per heavy atom. The summed E-state index contributed by atoms with van der Waals surface area (Å²) in [5.41, 5.74) is 0.648. The van der Waals surface area contributed by atoms with E-state index in [0.29, 0.717) is 29.8 Å². The number of oxazole rings is 1. The van der Waals surface area contributed by atoms with Gasteiger partial charge in [-0.05, 0) is 19.3 Å². The summed E-state index contributed by atoms with van der Waals surface area (Å²) in [6.07, 6.45) is 0.970. The molecule has 1 rings (SSSR count). The molecule has 0 fully saturated rings. The summed E-state index contributed by atoms with van der Waals surface area (Å²) in [7, 11) is 0. The van der Waals surface area contributed by atoms with Gasteiger partial charge in [0.2, 0.25) is 5.76 Å². The molecule has 0 saturated heterocycles. The number of hydrogen-bond donors (Lipinski definition) is 1. The number of rotatable bonds is 4. The zero-order valence-electron chi connectivity index (χ0n) is 9.76. The second-order valence-electron chi connectivity index (χ2n) is 4.09. The molecule has 84 valence electrons. The molecular weight excluding hydrogens is 192 g/mol. The Morgan fingerprint density at radius 2 is 2.13 bits per heavy atom. The van der Waals surface area contributed by atoms with Crippen molar-refractivity contribution in [3.8, 4) is 0 Å². The second-order valence-corrected chi connectivity index (χ2v) is 4.09. The molecule has 0 bridgehead atoms. The number of amides is 1. The highest BCUT2D eigenvalue weighted by atomic mass is 16.4. The van der Waals surface area contributed by atoms with Gasteiger partial charge >= 0.3 is 0 Å². The van der Waals surface area contributed by atoms with Gasteiger partial charge in [-0.25, -0.2) is 4.98 Å². The third-order valence-electron chi connectivity index (χ3n) is 2.12. The predicted molar refractivity (Wildman–Crippen MR) is 57.8 cm³/mol. The van der Waals surface area contributed by atoms with Crippen molar-refractivity contribution in [3.05, 3.63) is 17.3 Å². The van der Waals surface area contributed by atoms with Crippen molar-refractivity contribution in [2.24, 2.45) is 5.92 Å². The van der Waals surface area contributed by atoms with Crippen molar-refractivity contribution in [3.63, 3.8) is 0 Å². The highest BCUT2D eigenvalue weighted by molar-refractivity contribution is 5.92. The van der Waals surface area contributed by atoms with E-state index >= 15 is 0 Å². The van der Waals surface area contributed by atoms with Gasteiger partial charge < -0.3 is 9.73 Å². The van der Waals surface area contributed by atoms with Crippen molar-refractivity contribution in [2.45, 2.75) is 34.1 Å². The molecule has 0 saturated carbocycles. The lowest BCUT2D eigenvalue weighted by atomic mass is 10.1. The summed E-state index contributed by atoms with van der Waals surface area (Å²) in [6.45, 7) is 8.42. The maximum absolute atomic E-state index is 11.6. The Morgan fingerprint density at radius 1 is 1.47 bits per heavy atom. The molecule has 0 atom stereocenters. The Kier molecular flexibility index (Phi) is 3.88. The number of nitrogens with one attached hydrogen (secondary N) is 1. The molecule has 1 N–H and O–H groups in total. The molecular formula is C11H18N2O2. The van der Waals surface area contributed by atoms with Gasteiger partial charge in [-0.2, -0.15) is 0 Å². The van der Waals surface area contributed by atoms with E-state index in [1.165, 1.54) is 0 Å². The van der Waals surface area contributed by atoms with Crippen LogP contribution in [0.4, 0.5) is 0 Å². The number of nitrogens with zero attached hydrogens (tertiary/aromatic N) is 1. The van der Waals surface area contributed by atoms with Crippen LogP contribution < -0.4 is 5.32 Å². The smallest absolute Gasteiger partial charge is 0.289 e. The normalized spacial score (nSPS) is 10.7. The van der Waals surface area contributed by atoms with Gasteiger partial charge in [0.1, 0.15) is 0 Å². The van der Waals surface area contributed by atoms with Crippen LogP contribution in [0, 0.1) is 19.8 Å². The van der Waals surface area contributed by atoms with Crippen molar-refractivity contribution >= 4 is 5.91 Å². The largest absolute Gasteiger partial charge is 0.436 e. The third kappa shape index (κ3) is 3.38. The Bertz CT molecular complexity index is 342. The molecule has 0 aliphatic rings. The van der Waals surface area contributed by atoms with E-state index < -0.39 is 0 Å². The topological polar surface area (TPSA) is 55.1 Å². The summed E-state index contributed by atoms with van der Waals surface area (Å²) in [5.74, 6) is 1.27. The molecule has 1 heterocycles. The molecule has 1 aromatic heterocycles. The average Bonchev–Trinajstić information content (AvgIpc) is 2.44. The first-order valence-electron chi connectivity index (χ1n) is 5.23. The van der Waals surface area contributed by atoms with Crippen molar-refractivity contribution in [1.82, 2.24) is 10.3 Å². The molecule has 0 radical (unpaired) electrons. The first-order chi connectivity index (χ1) is 7.00. The standard InChI is InChI=1S/C11H18N2O2/c1-7(2)5-6-12-11(14)10-8(3)13-9(4)15-10/h7H,5-6H2,1-4H3,(H,12,14). The Hall–Kier alpha value is -1.32. The molecule has 0 aromatic carbocycles. The Labute approximate surface area is 90.1 Å². The number of carbonyl (C=O) groups is 1. The summed E-state index contributed by atoms with van der Waals surface area (Å²) in [5, 5.41) is 2.81. The highest BCUT2D eigenvalue weighted by Crippen LogP contribution is 2.08. The average molecular weight is 210 g/mol. The van der Waals surface area contributed by atoms with E-state index in [4.69, 9.17) is 4.42 Å². The molecule has 1 aromatic rings. The highest BCUT2D eigenvalue weighted by Gasteiger charge is 2.14. The van der Waals surface area contributed by atoms with Crippen molar-refractivity contribution in [1.29, 1.82) is 0 Å². The number of aromatic nitrogens is 1. The van der Waals surface area contributed by atoms with Crippen LogP contribution in [0.1, 0.15) is 42.4 Å². The lowest BCUT2D eigenvalue weighted by Gasteiger charge is -2.05. The van der Waals surface area contributed by atoms with Gasteiger partial charge in [-0.3, -0.25) is 4.79 Å². The van der Waals surface area contributed by atoms with Crippen LogP contribution in [-0.4, -0.2) is 17.4 Å². The molecule has 4 heteroatoms. The lowest BCUT2D eigenvalue weighted by Crippen LogP contribution is -2.25. The van der Waals surface area contributed by atoms with Crippen LogP contribution in [0.2, 0.25) is 0 Å². The van der Waals surface area contributed by atoms with Gasteiger partial charge in [0.15, 0.2) is 5.89 Å². The number of carbonyl (C=O) groups excluding carboxylic acids is 1. The van der Waals surface area contributed by atoms with E-state index in [2.05, 4.69) is 24.1 Å². The van der Waals surface area contributed by atoms with Gasteiger partial charge in [0.05, 0.1) is 5.69 Å². The van der Waals surface area contributed by atoms with Crippen LogP contribution in [0.25, 0.3) is 0 Å². The molecule has 15 heavy (non-hydrogen) atoms. The number of hydrogen-bond acceptors (Lipinski definition) is 3. The molecule has 4 nitrogen and oxygen atoms in total. The van der Waals surface area contributed by atoms with Crippen molar-refractivity contribution < 1.29 is 9.21 Å². The van der Waals surface area contributed by atoms with Gasteiger partial charge in [-0.15, -0.1) is 0 Å². The zero-order valence-corrected chi connectivity index (χ0v) is 9.76. The van der Waals surface area contributed by atoms with Crippen LogP contribution in [0.5, 0.6) is 0 Å². The third-order valence-corrected chi connectivity index (χ3v) is 2.12. The number of aryl methyl sites for hydroxylation is 2. The minimum absolute atomic E-state index is 0.172. The fraction of sp³-hybridized carbons (Fsp3) is 0.636. The molecule has 1 amide bonds. The summed E-state index contributed by atoms with van der Waals surface area (Å²) in [6, 6.07) is 0. The molecule has 0 spiro atoms. The van der Waals surface area contributed by atoms with E-state index in [9.17, 15) is 4.79 Å². The van der Waals surface area contributed by atoms with Gasteiger partial charge in [0.25, 0.3) is 5.91 Å².